The molecule has 1 fully saturated rings. The topological polar surface area (TPSA) is 63.4 Å². The van der Waals surface area contributed by atoms with Crippen molar-refractivity contribution >= 4 is 45.0 Å². The number of hydrogen-bond acceptors (Lipinski definition) is 4. The van der Waals surface area contributed by atoms with Gasteiger partial charge in [-0.3, -0.25) is 9.59 Å². The number of carbonyl (C=O) groups is 1. The van der Waals surface area contributed by atoms with Crippen molar-refractivity contribution in [3.8, 4) is 0 Å². The first-order valence-electron chi connectivity index (χ1n) is 10.2. The van der Waals surface area contributed by atoms with Crippen LogP contribution in [0.25, 0.3) is 21.8 Å². The van der Waals surface area contributed by atoms with Gasteiger partial charge in [-0.2, -0.15) is 5.10 Å². The van der Waals surface area contributed by atoms with E-state index in [9.17, 15) is 9.59 Å². The highest BCUT2D eigenvalue weighted by Crippen LogP contribution is 2.26. The fraction of sp³-hybridized carbons (Fsp3) is 0.261. The van der Waals surface area contributed by atoms with E-state index in [4.69, 9.17) is 11.6 Å². The summed E-state index contributed by atoms with van der Waals surface area (Å²) in [6, 6.07) is 15.5. The molecule has 0 spiro atoms. The van der Waals surface area contributed by atoms with E-state index >= 15 is 0 Å². The number of hydrogen-bond donors (Lipinski definition) is 0. The summed E-state index contributed by atoms with van der Waals surface area (Å²) in [4.78, 5) is 30.1. The summed E-state index contributed by atoms with van der Waals surface area (Å²) in [6.07, 6.45) is 1.70. The minimum atomic E-state index is -0.202. The maximum absolute atomic E-state index is 13.2. The number of anilines is 1. The molecule has 31 heavy (non-hydrogen) atoms. The van der Waals surface area contributed by atoms with Gasteiger partial charge in [-0.05, 0) is 24.3 Å². The van der Waals surface area contributed by atoms with Crippen LogP contribution in [0.2, 0.25) is 5.02 Å². The largest absolute Gasteiger partial charge is 0.368 e. The zero-order valence-corrected chi connectivity index (χ0v) is 17.9. The number of amides is 1. The lowest BCUT2D eigenvalue weighted by molar-refractivity contribution is -0.132. The Kier molecular flexibility index (Phi) is 4.90. The Labute approximate surface area is 184 Å². The maximum Gasteiger partial charge on any atom is 0.291 e. The van der Waals surface area contributed by atoms with Crippen LogP contribution in [-0.2, 0) is 18.4 Å². The molecule has 0 aliphatic carbocycles. The van der Waals surface area contributed by atoms with Crippen molar-refractivity contribution in [2.75, 3.05) is 31.1 Å². The number of piperazine rings is 1. The zero-order chi connectivity index (χ0) is 21.5. The van der Waals surface area contributed by atoms with Gasteiger partial charge < -0.3 is 14.4 Å². The van der Waals surface area contributed by atoms with Crippen LogP contribution in [0.3, 0.4) is 0 Å². The Bertz CT molecular complexity index is 1350. The third-order valence-corrected chi connectivity index (χ3v) is 6.20. The average Bonchev–Trinajstić information content (AvgIpc) is 3.10. The van der Waals surface area contributed by atoms with Crippen LogP contribution in [0, 0.1) is 0 Å². The molecule has 0 saturated carbocycles. The molecule has 3 heterocycles. The molecule has 0 bridgehead atoms. The monoisotopic (exact) mass is 435 g/mol. The lowest BCUT2D eigenvalue weighted by Crippen LogP contribution is -2.49. The van der Waals surface area contributed by atoms with E-state index in [0.29, 0.717) is 23.6 Å². The second-order valence-electron chi connectivity index (χ2n) is 7.79. The third-order valence-electron chi connectivity index (χ3n) is 5.97. The summed E-state index contributed by atoms with van der Waals surface area (Å²) in [5.41, 5.74) is 2.25. The molecule has 0 unspecified atom stereocenters. The van der Waals surface area contributed by atoms with E-state index in [1.165, 1.54) is 4.68 Å². The standard InChI is InChI=1S/C23H22ClN5O2/c1-26-23(31)22-19(14-25-26)18-7-2-3-8-20(18)29(22)15-21(30)28-11-9-27(10-12-28)17-6-4-5-16(24)13-17/h2-8,13-14H,9-12,15H2,1H3. The van der Waals surface area contributed by atoms with Crippen molar-refractivity contribution in [2.45, 2.75) is 6.54 Å². The van der Waals surface area contributed by atoms with Crippen LogP contribution in [0.1, 0.15) is 0 Å². The Hall–Kier alpha value is -3.32. The van der Waals surface area contributed by atoms with Crippen LogP contribution in [0.15, 0.2) is 59.5 Å². The van der Waals surface area contributed by atoms with Crippen LogP contribution < -0.4 is 10.5 Å². The summed E-state index contributed by atoms with van der Waals surface area (Å²) < 4.78 is 3.15. The number of nitrogens with zero attached hydrogens (tertiary/aromatic N) is 5. The Morgan fingerprint density at radius 3 is 2.58 bits per heavy atom. The molecule has 5 rings (SSSR count). The first kappa shape index (κ1) is 19.6. The van der Waals surface area contributed by atoms with Gasteiger partial charge >= 0.3 is 0 Å². The minimum Gasteiger partial charge on any atom is -0.368 e. The number of fused-ring (bicyclic) bond motifs is 3. The minimum absolute atomic E-state index is 0.00672. The first-order chi connectivity index (χ1) is 15.0. The van der Waals surface area contributed by atoms with Crippen LogP contribution in [-0.4, -0.2) is 51.3 Å². The summed E-state index contributed by atoms with van der Waals surface area (Å²) in [5.74, 6) is 0.00672. The van der Waals surface area contributed by atoms with Gasteiger partial charge in [0.1, 0.15) is 12.1 Å². The van der Waals surface area contributed by atoms with Crippen molar-refractivity contribution in [1.82, 2.24) is 19.2 Å². The second kappa shape index (κ2) is 7.74. The number of aromatic nitrogens is 3. The van der Waals surface area contributed by atoms with Gasteiger partial charge in [-0.25, -0.2) is 4.68 Å². The number of benzene rings is 2. The fourth-order valence-electron chi connectivity index (χ4n) is 4.33. The summed E-state index contributed by atoms with van der Waals surface area (Å²) >= 11 is 6.12. The SMILES string of the molecule is Cn1ncc2c3ccccc3n(CC(=O)N3CCN(c4cccc(Cl)c4)CC3)c2c1=O. The van der Waals surface area contributed by atoms with E-state index in [1.54, 1.807) is 13.2 Å². The molecule has 2 aromatic carbocycles. The maximum atomic E-state index is 13.2. The molecule has 8 heteroatoms. The van der Waals surface area contributed by atoms with Crippen LogP contribution >= 0.6 is 11.6 Å². The number of rotatable bonds is 3. The predicted molar refractivity (Wildman–Crippen MR) is 123 cm³/mol. The van der Waals surface area contributed by atoms with Gasteiger partial charge in [-0.15, -0.1) is 0 Å². The molecule has 1 saturated heterocycles. The average molecular weight is 436 g/mol. The Morgan fingerprint density at radius 1 is 1.03 bits per heavy atom. The smallest absolute Gasteiger partial charge is 0.291 e. The molecule has 1 aliphatic rings. The van der Waals surface area contributed by atoms with Gasteiger partial charge in [0.15, 0.2) is 0 Å². The van der Waals surface area contributed by atoms with Gasteiger partial charge in [0, 0.05) is 60.2 Å². The highest BCUT2D eigenvalue weighted by molar-refractivity contribution is 6.30. The number of aryl methyl sites for hydroxylation is 1. The molecule has 4 aromatic rings. The molecule has 158 valence electrons. The second-order valence-corrected chi connectivity index (χ2v) is 8.22. The Balaban J connectivity index is 1.41. The third kappa shape index (κ3) is 3.45. The summed E-state index contributed by atoms with van der Waals surface area (Å²) in [7, 11) is 1.63. The number of carbonyl (C=O) groups excluding carboxylic acids is 1. The molecule has 2 aromatic heterocycles. The normalized spacial score (nSPS) is 14.5. The number of para-hydroxylation sites is 1. The molecule has 0 radical (unpaired) electrons. The van der Waals surface area contributed by atoms with Crippen molar-refractivity contribution < 1.29 is 4.79 Å². The van der Waals surface area contributed by atoms with E-state index in [1.807, 2.05) is 58.0 Å². The fourth-order valence-corrected chi connectivity index (χ4v) is 4.51. The lowest BCUT2D eigenvalue weighted by atomic mass is 10.2. The summed E-state index contributed by atoms with van der Waals surface area (Å²) in [5, 5.41) is 6.58. The van der Waals surface area contributed by atoms with E-state index in [0.717, 1.165) is 35.1 Å². The number of halogens is 1. The van der Waals surface area contributed by atoms with E-state index < -0.39 is 0 Å². The van der Waals surface area contributed by atoms with Crippen molar-refractivity contribution in [3.63, 3.8) is 0 Å². The lowest BCUT2D eigenvalue weighted by Gasteiger charge is -2.36. The first-order valence-corrected chi connectivity index (χ1v) is 10.6. The van der Waals surface area contributed by atoms with Crippen LogP contribution in [0.5, 0.6) is 0 Å². The molecule has 1 aliphatic heterocycles. The highest BCUT2D eigenvalue weighted by Gasteiger charge is 2.24. The zero-order valence-electron chi connectivity index (χ0n) is 17.2. The van der Waals surface area contributed by atoms with Gasteiger partial charge in [0.2, 0.25) is 5.91 Å². The highest BCUT2D eigenvalue weighted by atomic mass is 35.5. The molecular weight excluding hydrogens is 414 g/mol. The molecule has 1 amide bonds. The molecule has 0 N–H and O–H groups in total. The molecular formula is C23H22ClN5O2. The summed E-state index contributed by atoms with van der Waals surface area (Å²) in [6.45, 7) is 2.86. The molecule has 7 nitrogen and oxygen atoms in total. The van der Waals surface area contributed by atoms with E-state index in [-0.39, 0.29) is 18.0 Å². The van der Waals surface area contributed by atoms with E-state index in [2.05, 4.69) is 10.00 Å². The van der Waals surface area contributed by atoms with Crippen LogP contribution in [0.4, 0.5) is 5.69 Å². The predicted octanol–water partition coefficient (Wildman–Crippen LogP) is 2.89. The van der Waals surface area contributed by atoms with Gasteiger partial charge in [-0.1, -0.05) is 35.9 Å². The van der Waals surface area contributed by atoms with Crippen molar-refractivity contribution in [3.05, 3.63) is 70.1 Å². The quantitative estimate of drug-likeness (QED) is 0.496. The van der Waals surface area contributed by atoms with Crippen molar-refractivity contribution in [1.29, 1.82) is 0 Å². The molecule has 0 atom stereocenters. The Morgan fingerprint density at radius 2 is 1.81 bits per heavy atom. The van der Waals surface area contributed by atoms with Gasteiger partial charge in [0.05, 0.1) is 6.20 Å². The van der Waals surface area contributed by atoms with Gasteiger partial charge in [0.25, 0.3) is 5.56 Å². The van der Waals surface area contributed by atoms with Crippen molar-refractivity contribution in [2.24, 2.45) is 7.05 Å².